The fraction of sp³-hybridized carbons (Fsp3) is 0.350. The van der Waals surface area contributed by atoms with E-state index in [4.69, 9.17) is 4.74 Å². The van der Waals surface area contributed by atoms with Crippen LogP contribution in [-0.2, 0) is 16.0 Å². The summed E-state index contributed by atoms with van der Waals surface area (Å²) >= 11 is 0. The molecule has 1 aliphatic rings. The molecule has 0 spiro atoms. The lowest BCUT2D eigenvalue weighted by Gasteiger charge is -2.29. The normalized spacial score (nSPS) is 13.8. The third kappa shape index (κ3) is 5.50. The molecule has 0 aliphatic carbocycles. The van der Waals surface area contributed by atoms with Crippen molar-refractivity contribution in [3.8, 4) is 0 Å². The lowest BCUT2D eigenvalue weighted by molar-refractivity contribution is -0.120. The molecule has 0 bridgehead atoms. The van der Waals surface area contributed by atoms with Gasteiger partial charge in [0.25, 0.3) is 5.91 Å². The number of carbonyl (C=O) groups excluding carboxylic acids is 2. The first kappa shape index (κ1) is 19.8. The van der Waals surface area contributed by atoms with Gasteiger partial charge in [-0.1, -0.05) is 12.1 Å². The number of nitrogens with one attached hydrogen (secondary N) is 2. The minimum atomic E-state index is -0.335. The number of hydrogen-bond donors (Lipinski definition) is 2. The van der Waals surface area contributed by atoms with Crippen molar-refractivity contribution < 1.29 is 18.7 Å². The van der Waals surface area contributed by atoms with Crippen LogP contribution < -0.4 is 15.5 Å². The van der Waals surface area contributed by atoms with Gasteiger partial charge in [-0.25, -0.2) is 9.37 Å². The maximum absolute atomic E-state index is 12.9. The number of nitrogens with zero attached hydrogens (tertiary/aromatic N) is 2. The summed E-state index contributed by atoms with van der Waals surface area (Å²) in [6.07, 6.45) is 1.83. The highest BCUT2D eigenvalue weighted by molar-refractivity contribution is 5.98. The van der Waals surface area contributed by atoms with E-state index in [2.05, 4.69) is 15.6 Å². The third-order valence-electron chi connectivity index (χ3n) is 4.35. The fourth-order valence-electron chi connectivity index (χ4n) is 2.92. The molecule has 8 heteroatoms. The lowest BCUT2D eigenvalue weighted by atomic mass is 10.1. The van der Waals surface area contributed by atoms with Gasteiger partial charge in [0.2, 0.25) is 5.91 Å². The van der Waals surface area contributed by atoms with Gasteiger partial charge >= 0.3 is 0 Å². The van der Waals surface area contributed by atoms with E-state index < -0.39 is 0 Å². The molecule has 148 valence electrons. The number of benzene rings is 1. The van der Waals surface area contributed by atoms with E-state index in [1.54, 1.807) is 30.5 Å². The van der Waals surface area contributed by atoms with Crippen molar-refractivity contribution in [2.45, 2.75) is 6.42 Å². The van der Waals surface area contributed by atoms with E-state index in [0.717, 1.165) is 5.56 Å². The Labute approximate surface area is 162 Å². The monoisotopic (exact) mass is 386 g/mol. The van der Waals surface area contributed by atoms with E-state index in [1.807, 2.05) is 4.90 Å². The van der Waals surface area contributed by atoms with Crippen molar-refractivity contribution in [1.29, 1.82) is 0 Å². The Morgan fingerprint density at radius 3 is 2.54 bits per heavy atom. The second-order valence-electron chi connectivity index (χ2n) is 6.38. The quantitative estimate of drug-likeness (QED) is 0.698. The van der Waals surface area contributed by atoms with Gasteiger partial charge in [-0.15, -0.1) is 0 Å². The summed E-state index contributed by atoms with van der Waals surface area (Å²) < 4.78 is 18.2. The summed E-state index contributed by atoms with van der Waals surface area (Å²) in [4.78, 5) is 30.8. The highest BCUT2D eigenvalue weighted by Gasteiger charge is 2.19. The number of morpholine rings is 1. The van der Waals surface area contributed by atoms with Crippen molar-refractivity contribution in [2.24, 2.45) is 0 Å². The molecule has 0 radical (unpaired) electrons. The molecule has 1 saturated heterocycles. The maximum atomic E-state index is 12.9. The largest absolute Gasteiger partial charge is 0.378 e. The van der Waals surface area contributed by atoms with Crippen LogP contribution in [0.15, 0.2) is 42.6 Å². The molecule has 28 heavy (non-hydrogen) atoms. The first-order valence-corrected chi connectivity index (χ1v) is 9.20. The fourth-order valence-corrected chi connectivity index (χ4v) is 2.92. The summed E-state index contributed by atoms with van der Waals surface area (Å²) in [6, 6.07) is 9.26. The first-order chi connectivity index (χ1) is 13.6. The molecule has 2 amide bonds. The van der Waals surface area contributed by atoms with Crippen LogP contribution >= 0.6 is 0 Å². The van der Waals surface area contributed by atoms with Gasteiger partial charge in [-0.05, 0) is 29.8 Å². The molecular formula is C20H23FN4O3. The van der Waals surface area contributed by atoms with Crippen LogP contribution in [-0.4, -0.2) is 56.2 Å². The van der Waals surface area contributed by atoms with Gasteiger partial charge in [0.1, 0.15) is 11.6 Å². The topological polar surface area (TPSA) is 83.6 Å². The van der Waals surface area contributed by atoms with Gasteiger partial charge in [0.15, 0.2) is 0 Å². The van der Waals surface area contributed by atoms with Gasteiger partial charge in [0.05, 0.1) is 25.2 Å². The number of anilines is 1. The number of aromatic nitrogens is 1. The Kier molecular flexibility index (Phi) is 6.91. The van der Waals surface area contributed by atoms with Crippen molar-refractivity contribution in [3.05, 3.63) is 59.5 Å². The molecule has 0 unspecified atom stereocenters. The van der Waals surface area contributed by atoms with Crippen LogP contribution in [0.2, 0.25) is 0 Å². The zero-order valence-corrected chi connectivity index (χ0v) is 15.5. The van der Waals surface area contributed by atoms with Crippen molar-refractivity contribution in [3.63, 3.8) is 0 Å². The highest BCUT2D eigenvalue weighted by atomic mass is 19.1. The lowest BCUT2D eigenvalue weighted by Crippen LogP contribution is -2.39. The molecule has 2 heterocycles. The predicted molar refractivity (Wildman–Crippen MR) is 103 cm³/mol. The van der Waals surface area contributed by atoms with Gasteiger partial charge in [-0.2, -0.15) is 0 Å². The van der Waals surface area contributed by atoms with Gasteiger partial charge in [-0.3, -0.25) is 9.59 Å². The summed E-state index contributed by atoms with van der Waals surface area (Å²) in [5.41, 5.74) is 1.23. The van der Waals surface area contributed by atoms with Crippen molar-refractivity contribution in [1.82, 2.24) is 15.6 Å². The third-order valence-corrected chi connectivity index (χ3v) is 4.35. The van der Waals surface area contributed by atoms with Crippen LogP contribution in [0.4, 0.5) is 10.2 Å². The van der Waals surface area contributed by atoms with E-state index in [9.17, 15) is 14.0 Å². The first-order valence-electron chi connectivity index (χ1n) is 9.20. The summed E-state index contributed by atoms with van der Waals surface area (Å²) in [6.45, 7) is 3.20. The van der Waals surface area contributed by atoms with Crippen LogP contribution in [0.25, 0.3) is 0 Å². The van der Waals surface area contributed by atoms with E-state index in [-0.39, 0.29) is 24.1 Å². The standard InChI is InChI=1S/C20H23FN4O3/c21-16-5-3-15(4-6-16)14-18(26)22-8-9-24-20(27)17-2-1-7-23-19(17)25-10-12-28-13-11-25/h1-7H,8-14H2,(H,22,26)(H,24,27). The minimum absolute atomic E-state index is 0.165. The van der Waals surface area contributed by atoms with Crippen LogP contribution in [0, 0.1) is 5.82 Å². The average molecular weight is 386 g/mol. The molecule has 0 saturated carbocycles. The average Bonchev–Trinajstić information content (AvgIpc) is 2.73. The maximum Gasteiger partial charge on any atom is 0.255 e. The summed E-state index contributed by atoms with van der Waals surface area (Å²) in [5.74, 6) is -0.110. The molecule has 1 fully saturated rings. The number of amides is 2. The Balaban J connectivity index is 1.45. The molecule has 0 atom stereocenters. The Bertz CT molecular complexity index is 807. The number of ether oxygens (including phenoxy) is 1. The van der Waals surface area contributed by atoms with Crippen LogP contribution in [0.5, 0.6) is 0 Å². The van der Waals surface area contributed by atoms with E-state index in [1.165, 1.54) is 12.1 Å². The number of rotatable bonds is 7. The second-order valence-corrected chi connectivity index (χ2v) is 6.38. The Morgan fingerprint density at radius 2 is 1.79 bits per heavy atom. The van der Waals surface area contributed by atoms with Gasteiger partial charge in [0, 0.05) is 32.4 Å². The molecular weight excluding hydrogens is 363 g/mol. The molecule has 2 aromatic rings. The molecule has 3 rings (SSSR count). The van der Waals surface area contributed by atoms with Crippen molar-refractivity contribution in [2.75, 3.05) is 44.3 Å². The summed E-state index contributed by atoms with van der Waals surface area (Å²) in [7, 11) is 0. The zero-order valence-electron chi connectivity index (χ0n) is 15.5. The number of hydrogen-bond acceptors (Lipinski definition) is 5. The molecule has 7 nitrogen and oxygen atoms in total. The molecule has 2 N–H and O–H groups in total. The van der Waals surface area contributed by atoms with Crippen LogP contribution in [0.1, 0.15) is 15.9 Å². The van der Waals surface area contributed by atoms with Gasteiger partial charge < -0.3 is 20.3 Å². The minimum Gasteiger partial charge on any atom is -0.378 e. The Hall–Kier alpha value is -3.00. The second kappa shape index (κ2) is 9.80. The smallest absolute Gasteiger partial charge is 0.255 e. The summed E-state index contributed by atoms with van der Waals surface area (Å²) in [5, 5.41) is 5.54. The number of pyridine rings is 1. The van der Waals surface area contributed by atoms with Crippen molar-refractivity contribution >= 4 is 17.6 Å². The molecule has 1 aliphatic heterocycles. The SMILES string of the molecule is O=C(Cc1ccc(F)cc1)NCCNC(=O)c1cccnc1N1CCOCC1. The van der Waals surface area contributed by atoms with E-state index >= 15 is 0 Å². The predicted octanol–water partition coefficient (Wildman–Crippen LogP) is 1.15. The zero-order chi connectivity index (χ0) is 19.8. The number of carbonyl (C=O) groups is 2. The molecule has 1 aromatic carbocycles. The van der Waals surface area contributed by atoms with E-state index in [0.29, 0.717) is 50.8 Å². The highest BCUT2D eigenvalue weighted by Crippen LogP contribution is 2.18. The molecule has 1 aromatic heterocycles. The number of halogens is 1. The Morgan fingerprint density at radius 1 is 1.07 bits per heavy atom. The van der Waals surface area contributed by atoms with Crippen LogP contribution in [0.3, 0.4) is 0 Å².